The third-order valence-electron chi connectivity index (χ3n) is 0. The molecule has 0 saturated heterocycles. The summed E-state index contributed by atoms with van der Waals surface area (Å²) >= 11 is 15.0. The first-order valence-corrected chi connectivity index (χ1v) is 4.42. The van der Waals surface area contributed by atoms with Crippen LogP contribution in [0.15, 0.2) is 0 Å². The molecule has 98 valence electrons. The van der Waals surface area contributed by atoms with E-state index in [1.165, 1.54) is 0 Å². The molecule has 8 nitrogen and oxygen atoms in total. The molecule has 0 radical (unpaired) electrons. The fourth-order valence-corrected chi connectivity index (χ4v) is 0. The fraction of sp³-hybridized carbons (Fsp3) is 0. The van der Waals surface area contributed by atoms with Crippen molar-refractivity contribution >= 4 is 71.5 Å². The molecule has 0 fully saturated rings. The molecule has 0 rings (SSSR count). The zero-order chi connectivity index (χ0) is 14.3. The molecule has 17 heavy (non-hydrogen) atoms. The molecule has 4 amide bonds. The van der Waals surface area contributed by atoms with Crippen molar-refractivity contribution in [2.75, 3.05) is 0 Å². The van der Waals surface area contributed by atoms with E-state index in [0.29, 0.717) is 0 Å². The first-order chi connectivity index (χ1) is 6.93. The van der Waals surface area contributed by atoms with Gasteiger partial charge in [-0.2, -0.15) is 0 Å². The molecule has 0 unspecified atom stereocenters. The van der Waals surface area contributed by atoms with Crippen molar-refractivity contribution in [3.8, 4) is 0 Å². The average molecular weight is 488 g/mol. The molecule has 0 aromatic carbocycles. The van der Waals surface area contributed by atoms with Crippen molar-refractivity contribution in [1.29, 1.82) is 0 Å². The van der Waals surface area contributed by atoms with E-state index in [1.54, 1.807) is 0 Å². The molecular weight excluding hydrogens is 480 g/mol. The zero-order valence-electron chi connectivity index (χ0n) is 7.98. The Balaban J connectivity index is -0.0000000369. The maximum atomic E-state index is 9.04. The van der Waals surface area contributed by atoms with Crippen molar-refractivity contribution in [3.05, 3.63) is 0 Å². The van der Waals surface area contributed by atoms with Crippen LogP contribution in [0.5, 0.6) is 0 Å². The van der Waals surface area contributed by atoms with E-state index in [-0.39, 0.29) is 21.1 Å². The predicted octanol–water partition coefficient (Wildman–Crippen LogP) is -1.55. The Bertz CT molecular complexity index is 178. The maximum absolute atomic E-state index is 9.04. The second-order valence-electron chi connectivity index (χ2n) is 1.28. The number of carbonyl (C=O) groups is 4. The molecule has 0 atom stereocenters. The van der Waals surface area contributed by atoms with Gasteiger partial charge in [-0.15, -0.1) is 0 Å². The van der Waals surface area contributed by atoms with E-state index in [0.717, 1.165) is 0 Å². The number of hydrogen-bond acceptors (Lipinski definition) is 8. The minimum absolute atomic E-state index is 0. The molecule has 0 aliphatic carbocycles. The van der Waals surface area contributed by atoms with E-state index < -0.39 is 21.0 Å². The summed E-state index contributed by atoms with van der Waals surface area (Å²) in [5, 5.41) is -3.00. The van der Waals surface area contributed by atoms with Crippen LogP contribution in [0.1, 0.15) is 0 Å². The van der Waals surface area contributed by atoms with Gasteiger partial charge in [-0.05, 0) is 0 Å². The van der Waals surface area contributed by atoms with Gasteiger partial charge >= 0.3 is 21.1 Å². The molecule has 0 saturated carbocycles. The molecular formula is C4H8N4O4S4W. The quantitative estimate of drug-likeness (QED) is 0.297. The summed E-state index contributed by atoms with van der Waals surface area (Å²) < 4.78 is 0. The normalized spacial score (nSPS) is 5.65. The van der Waals surface area contributed by atoms with E-state index in [1.807, 2.05) is 0 Å². The van der Waals surface area contributed by atoms with Crippen LogP contribution in [0.25, 0.3) is 0 Å². The monoisotopic (exact) mass is 488 g/mol. The maximum Gasteiger partial charge on any atom is 4.00 e. The number of amides is 4. The van der Waals surface area contributed by atoms with Gasteiger partial charge in [0.25, 0.3) is 0 Å². The van der Waals surface area contributed by atoms with Crippen molar-refractivity contribution in [2.45, 2.75) is 0 Å². The first-order valence-electron chi connectivity index (χ1n) is 2.79. The fourth-order valence-electron chi connectivity index (χ4n) is 0. The minimum Gasteiger partial charge on any atom is -0.719 e. The predicted molar refractivity (Wildman–Crippen MR) is 67.8 cm³/mol. The van der Waals surface area contributed by atoms with E-state index >= 15 is 0 Å². The molecule has 0 spiro atoms. The van der Waals surface area contributed by atoms with Crippen molar-refractivity contribution in [2.24, 2.45) is 22.9 Å². The van der Waals surface area contributed by atoms with Crippen LogP contribution in [0.4, 0.5) is 19.2 Å². The molecule has 8 N–H and O–H groups in total. The molecule has 0 bridgehead atoms. The van der Waals surface area contributed by atoms with Gasteiger partial charge in [0.2, 0.25) is 0 Å². The molecule has 13 heteroatoms. The van der Waals surface area contributed by atoms with Crippen LogP contribution >= 0.6 is 0 Å². The van der Waals surface area contributed by atoms with Gasteiger partial charge in [0.15, 0.2) is 0 Å². The Morgan fingerprint density at radius 3 is 0.529 bits per heavy atom. The van der Waals surface area contributed by atoms with Gasteiger partial charge in [-0.3, -0.25) is 0 Å². The smallest absolute Gasteiger partial charge is 0.719 e. The Morgan fingerprint density at radius 2 is 0.529 bits per heavy atom. The number of nitrogens with two attached hydrogens (primary N) is 4. The summed E-state index contributed by atoms with van der Waals surface area (Å²) in [6, 6.07) is 0. The van der Waals surface area contributed by atoms with Gasteiger partial charge < -0.3 is 92.6 Å². The zero-order valence-corrected chi connectivity index (χ0v) is 14.2. The van der Waals surface area contributed by atoms with Crippen molar-refractivity contribution in [1.82, 2.24) is 0 Å². The second-order valence-corrected chi connectivity index (χ2v) is 2.89. The van der Waals surface area contributed by atoms with Gasteiger partial charge in [0.1, 0.15) is 0 Å². The Morgan fingerprint density at radius 1 is 0.529 bits per heavy atom. The first kappa shape index (κ1) is 30.0. The Kier molecular flexibility index (Phi) is 43.3. The van der Waals surface area contributed by atoms with Crippen LogP contribution in [0.2, 0.25) is 0 Å². The Labute approximate surface area is 134 Å². The molecule has 0 aliphatic rings. The second kappa shape index (κ2) is 24.6. The van der Waals surface area contributed by atoms with Gasteiger partial charge in [-0.1, -0.05) is 0 Å². The molecule has 0 heterocycles. The Hall–Kier alpha value is -0.552. The van der Waals surface area contributed by atoms with Crippen LogP contribution in [-0.2, 0) is 71.6 Å². The number of carbonyl (C=O) groups excluding carboxylic acids is 4. The van der Waals surface area contributed by atoms with Crippen LogP contribution in [0.3, 0.4) is 0 Å². The summed E-state index contributed by atoms with van der Waals surface area (Å²) in [4.78, 5) is 36.1. The topological polar surface area (TPSA) is 172 Å². The summed E-state index contributed by atoms with van der Waals surface area (Å²) in [6.07, 6.45) is 0. The summed E-state index contributed by atoms with van der Waals surface area (Å²) in [6.45, 7) is 0. The van der Waals surface area contributed by atoms with E-state index in [9.17, 15) is 0 Å². The van der Waals surface area contributed by atoms with Gasteiger partial charge in [-0.25, -0.2) is 0 Å². The number of primary amides is 4. The summed E-state index contributed by atoms with van der Waals surface area (Å²) in [5.74, 6) is 0. The number of hydrogen-bond donors (Lipinski definition) is 4. The molecule has 0 aromatic heterocycles. The SMILES string of the molecule is NC(=O)[S-].NC(=O)[S-].NC(=O)[S-].NC(=O)[S-].[W+4]. The molecule has 0 aromatic rings. The summed E-state index contributed by atoms with van der Waals surface area (Å²) in [5.41, 5.74) is 17.1. The third kappa shape index (κ3) is 9180. The standard InChI is InChI=1S/4CH3NOS.W/c4*2-1(3)4;/h4*(H3,2,3,4);/q;;;;+4/p-4. The van der Waals surface area contributed by atoms with Gasteiger partial charge in [0.05, 0.1) is 21.0 Å². The summed E-state index contributed by atoms with van der Waals surface area (Å²) in [7, 11) is 0. The third-order valence-corrected chi connectivity index (χ3v) is 0. The number of rotatable bonds is 0. The van der Waals surface area contributed by atoms with Crippen LogP contribution in [0, 0.1) is 0 Å². The van der Waals surface area contributed by atoms with E-state index in [2.05, 4.69) is 73.4 Å². The van der Waals surface area contributed by atoms with Gasteiger partial charge in [0, 0.05) is 0 Å². The van der Waals surface area contributed by atoms with Crippen LogP contribution in [-0.4, -0.2) is 21.0 Å². The van der Waals surface area contributed by atoms with Crippen molar-refractivity contribution in [3.63, 3.8) is 0 Å². The largest absolute Gasteiger partial charge is 4.00 e. The van der Waals surface area contributed by atoms with Crippen LogP contribution < -0.4 is 22.9 Å². The van der Waals surface area contributed by atoms with Crippen molar-refractivity contribution < 1.29 is 40.2 Å². The van der Waals surface area contributed by atoms with E-state index in [4.69, 9.17) is 19.2 Å². The molecule has 0 aliphatic heterocycles. The minimum atomic E-state index is -0.750. The average Bonchev–Trinajstić information content (AvgIpc) is 1.76.